The maximum atomic E-state index is 6.43. The van der Waals surface area contributed by atoms with Crippen molar-refractivity contribution in [3.63, 3.8) is 0 Å². The molecular weight excluding hydrogens is 286 g/mol. The number of benzene rings is 1. The third kappa shape index (κ3) is 4.04. The largest absolute Gasteiger partial charge is 0.493 e. The fourth-order valence-corrected chi connectivity index (χ4v) is 3.40. The Morgan fingerprint density at radius 3 is 2.62 bits per heavy atom. The van der Waals surface area contributed by atoms with Crippen molar-refractivity contribution in [2.45, 2.75) is 51.6 Å². The van der Waals surface area contributed by atoms with E-state index < -0.39 is 0 Å². The highest BCUT2D eigenvalue weighted by molar-refractivity contribution is 6.33. The van der Waals surface area contributed by atoms with Gasteiger partial charge < -0.3 is 14.8 Å². The van der Waals surface area contributed by atoms with Crippen LogP contribution in [0.15, 0.2) is 12.1 Å². The van der Waals surface area contributed by atoms with E-state index in [-0.39, 0.29) is 0 Å². The van der Waals surface area contributed by atoms with Gasteiger partial charge in [0.2, 0.25) is 0 Å². The summed E-state index contributed by atoms with van der Waals surface area (Å²) in [5.74, 6) is 2.02. The Bertz CT molecular complexity index is 464. The first-order valence-electron chi connectivity index (χ1n) is 7.80. The first-order valence-corrected chi connectivity index (χ1v) is 8.18. The van der Waals surface area contributed by atoms with Gasteiger partial charge in [0.1, 0.15) is 0 Å². The van der Waals surface area contributed by atoms with Crippen LogP contribution in [0.5, 0.6) is 11.5 Å². The highest BCUT2D eigenvalue weighted by atomic mass is 35.5. The second kappa shape index (κ2) is 7.90. The number of methoxy groups -OCH3 is 2. The molecule has 1 fully saturated rings. The topological polar surface area (TPSA) is 30.5 Å². The van der Waals surface area contributed by atoms with E-state index in [2.05, 4.69) is 12.2 Å². The first kappa shape index (κ1) is 16.4. The molecule has 0 heterocycles. The normalized spacial score (nSPS) is 22.7. The van der Waals surface area contributed by atoms with Gasteiger partial charge in [0.25, 0.3) is 0 Å². The molecule has 118 valence electrons. The average molecular weight is 312 g/mol. The van der Waals surface area contributed by atoms with Gasteiger partial charge in [-0.3, -0.25) is 0 Å². The minimum atomic E-state index is 0.580. The second-order valence-corrected chi connectivity index (χ2v) is 6.25. The average Bonchev–Trinajstić information content (AvgIpc) is 2.70. The molecule has 0 amide bonds. The Hall–Kier alpha value is -0.930. The minimum absolute atomic E-state index is 0.580. The maximum Gasteiger partial charge on any atom is 0.179 e. The van der Waals surface area contributed by atoms with Crippen LogP contribution in [-0.2, 0) is 6.54 Å². The molecule has 1 N–H and O–H groups in total. The van der Waals surface area contributed by atoms with E-state index in [9.17, 15) is 0 Å². The molecule has 3 nitrogen and oxygen atoms in total. The fourth-order valence-electron chi connectivity index (χ4n) is 3.10. The maximum absolute atomic E-state index is 6.43. The Morgan fingerprint density at radius 1 is 1.14 bits per heavy atom. The van der Waals surface area contributed by atoms with Gasteiger partial charge in [0, 0.05) is 12.6 Å². The first-order chi connectivity index (χ1) is 10.2. The molecule has 0 spiro atoms. The van der Waals surface area contributed by atoms with Gasteiger partial charge in [-0.2, -0.15) is 0 Å². The molecule has 0 aromatic heterocycles. The second-order valence-electron chi connectivity index (χ2n) is 5.88. The lowest BCUT2D eigenvalue weighted by molar-refractivity contribution is 0.349. The number of hydrogen-bond donors (Lipinski definition) is 1. The summed E-state index contributed by atoms with van der Waals surface area (Å²) in [6.07, 6.45) is 6.61. The lowest BCUT2D eigenvalue weighted by Crippen LogP contribution is -2.33. The third-order valence-electron chi connectivity index (χ3n) is 4.48. The molecule has 1 aromatic rings. The van der Waals surface area contributed by atoms with Gasteiger partial charge in [-0.15, -0.1) is 0 Å². The van der Waals surface area contributed by atoms with Gasteiger partial charge in [-0.1, -0.05) is 43.9 Å². The van der Waals surface area contributed by atoms with Crippen LogP contribution in [-0.4, -0.2) is 20.3 Å². The standard InChI is InChI=1S/C17H26ClNO2/c1-12-7-5-4-6-8-14(12)19-11-13-9-10-15(20-2)17(21-3)16(13)18/h9-10,12,14,19H,4-8,11H2,1-3H3. The van der Waals surface area contributed by atoms with Crippen LogP contribution in [0.2, 0.25) is 5.02 Å². The van der Waals surface area contributed by atoms with E-state index in [1.165, 1.54) is 32.1 Å². The number of hydrogen-bond acceptors (Lipinski definition) is 3. The van der Waals surface area contributed by atoms with E-state index >= 15 is 0 Å². The molecule has 1 aromatic carbocycles. The summed E-state index contributed by atoms with van der Waals surface area (Å²) in [4.78, 5) is 0. The molecular formula is C17H26ClNO2. The number of halogens is 1. The molecule has 0 aliphatic heterocycles. The smallest absolute Gasteiger partial charge is 0.179 e. The van der Waals surface area contributed by atoms with E-state index in [4.69, 9.17) is 21.1 Å². The van der Waals surface area contributed by atoms with Crippen LogP contribution in [0, 0.1) is 5.92 Å². The zero-order valence-corrected chi connectivity index (χ0v) is 14.0. The van der Waals surface area contributed by atoms with E-state index in [0.29, 0.717) is 22.6 Å². The van der Waals surface area contributed by atoms with E-state index in [1.54, 1.807) is 14.2 Å². The Labute approximate surface area is 133 Å². The predicted octanol–water partition coefficient (Wildman–Crippen LogP) is 4.42. The monoisotopic (exact) mass is 311 g/mol. The van der Waals surface area contributed by atoms with E-state index in [1.807, 2.05) is 12.1 Å². The van der Waals surface area contributed by atoms with Gasteiger partial charge in [0.05, 0.1) is 19.2 Å². The summed E-state index contributed by atoms with van der Waals surface area (Å²) in [5, 5.41) is 4.32. The van der Waals surface area contributed by atoms with Crippen molar-refractivity contribution in [1.29, 1.82) is 0 Å². The predicted molar refractivity (Wildman–Crippen MR) is 87.4 cm³/mol. The molecule has 0 saturated heterocycles. The van der Waals surface area contributed by atoms with Gasteiger partial charge in [-0.05, 0) is 30.4 Å². The molecule has 0 radical (unpaired) electrons. The van der Waals surface area contributed by atoms with E-state index in [0.717, 1.165) is 18.0 Å². The molecule has 1 aliphatic carbocycles. The molecule has 2 unspecified atom stereocenters. The van der Waals surface area contributed by atoms with Crippen LogP contribution in [0.1, 0.15) is 44.6 Å². The fraction of sp³-hybridized carbons (Fsp3) is 0.647. The van der Waals surface area contributed by atoms with Crippen molar-refractivity contribution in [1.82, 2.24) is 5.32 Å². The molecule has 0 bridgehead atoms. The van der Waals surface area contributed by atoms with Crippen LogP contribution >= 0.6 is 11.6 Å². The summed E-state index contributed by atoms with van der Waals surface area (Å²) in [7, 11) is 3.24. The third-order valence-corrected chi connectivity index (χ3v) is 4.90. The molecule has 4 heteroatoms. The number of rotatable bonds is 5. The van der Waals surface area contributed by atoms with Crippen LogP contribution < -0.4 is 14.8 Å². The van der Waals surface area contributed by atoms with Crippen LogP contribution in [0.4, 0.5) is 0 Å². The van der Waals surface area contributed by atoms with Crippen LogP contribution in [0.25, 0.3) is 0 Å². The van der Waals surface area contributed by atoms with Crippen molar-refractivity contribution >= 4 is 11.6 Å². The lowest BCUT2D eigenvalue weighted by atomic mass is 9.97. The zero-order valence-electron chi connectivity index (χ0n) is 13.2. The summed E-state index contributed by atoms with van der Waals surface area (Å²) < 4.78 is 10.6. The molecule has 2 rings (SSSR count). The lowest BCUT2D eigenvalue weighted by Gasteiger charge is -2.23. The van der Waals surface area contributed by atoms with Crippen molar-refractivity contribution in [3.05, 3.63) is 22.7 Å². The van der Waals surface area contributed by atoms with Gasteiger partial charge in [-0.25, -0.2) is 0 Å². The molecule has 21 heavy (non-hydrogen) atoms. The van der Waals surface area contributed by atoms with Gasteiger partial charge in [0.15, 0.2) is 11.5 Å². The summed E-state index contributed by atoms with van der Waals surface area (Å²) in [5.41, 5.74) is 1.06. The highest BCUT2D eigenvalue weighted by Gasteiger charge is 2.20. The Morgan fingerprint density at radius 2 is 1.90 bits per heavy atom. The quantitative estimate of drug-likeness (QED) is 0.817. The summed E-state index contributed by atoms with van der Waals surface area (Å²) in [6.45, 7) is 3.12. The highest BCUT2D eigenvalue weighted by Crippen LogP contribution is 2.37. The SMILES string of the molecule is COc1ccc(CNC2CCCCCC2C)c(Cl)c1OC. The van der Waals surface area contributed by atoms with Crippen molar-refractivity contribution in [2.75, 3.05) is 14.2 Å². The van der Waals surface area contributed by atoms with Gasteiger partial charge >= 0.3 is 0 Å². The Balaban J connectivity index is 2.05. The Kier molecular flexibility index (Phi) is 6.19. The summed E-state index contributed by atoms with van der Waals surface area (Å²) >= 11 is 6.43. The summed E-state index contributed by atoms with van der Waals surface area (Å²) in [6, 6.07) is 4.51. The number of ether oxygens (including phenoxy) is 2. The zero-order chi connectivity index (χ0) is 15.2. The van der Waals surface area contributed by atoms with Crippen molar-refractivity contribution in [2.24, 2.45) is 5.92 Å². The van der Waals surface area contributed by atoms with Crippen molar-refractivity contribution < 1.29 is 9.47 Å². The minimum Gasteiger partial charge on any atom is -0.493 e. The molecule has 2 atom stereocenters. The van der Waals surface area contributed by atoms with Crippen LogP contribution in [0.3, 0.4) is 0 Å². The number of nitrogens with one attached hydrogen (secondary N) is 1. The van der Waals surface area contributed by atoms with Crippen molar-refractivity contribution in [3.8, 4) is 11.5 Å². The molecule has 1 saturated carbocycles. The molecule has 1 aliphatic rings.